The third-order valence-corrected chi connectivity index (χ3v) is 0.492. The number of nitroso groups, excluding NO2 is 1. The molecule has 1 rings (SSSR count). The van der Waals surface area contributed by atoms with Crippen LogP contribution in [0.4, 0.5) is 0 Å². The van der Waals surface area contributed by atoms with Crippen molar-refractivity contribution in [2.24, 2.45) is 0 Å². The molecule has 5 nitrogen and oxygen atoms in total. The molecule has 34 valence electrons. The molecule has 0 aromatic rings. The predicted octanol–water partition coefficient (Wildman–Crippen LogP) is -1.75. The van der Waals surface area contributed by atoms with Crippen molar-refractivity contribution in [2.45, 2.75) is 0 Å². The van der Waals surface area contributed by atoms with Crippen molar-refractivity contribution in [3.63, 3.8) is 0 Å². The number of hydrogen-bond donors (Lipinski definition) is 3. The van der Waals surface area contributed by atoms with Gasteiger partial charge in [-0.05, 0) is 0 Å². The highest BCUT2D eigenvalue weighted by molar-refractivity contribution is 4.16. The third kappa shape index (κ3) is 0.447. The van der Waals surface area contributed by atoms with Gasteiger partial charge in [0, 0.05) is 0 Å². The number of rotatable bonds is 0. The minimum Gasteiger partial charge on any atom is -0.170 e. The van der Waals surface area contributed by atoms with Crippen LogP contribution in [0.1, 0.15) is 0 Å². The van der Waals surface area contributed by atoms with Gasteiger partial charge in [-0.2, -0.15) is 5.43 Å². The average Bonchev–Trinajstić information content (AvgIpc) is 1.86. The number of nitrogens with one attached hydrogen (secondary N) is 3. The molecular formula is CH5N4O+. The van der Waals surface area contributed by atoms with E-state index in [0.29, 0.717) is 11.5 Å². The fraction of sp³-hybridized carbons (Fsp3) is 1.00. The van der Waals surface area contributed by atoms with Crippen LogP contribution >= 0.6 is 0 Å². The molecule has 0 aromatic heterocycles. The summed E-state index contributed by atoms with van der Waals surface area (Å²) in [7, 11) is 0. The summed E-state index contributed by atoms with van der Waals surface area (Å²) in [6, 6.07) is 0. The van der Waals surface area contributed by atoms with E-state index < -0.39 is 0 Å². The molecule has 1 saturated heterocycles. The number of hydrogen-bond acceptors (Lipinski definition) is 3. The summed E-state index contributed by atoms with van der Waals surface area (Å²) in [5, 5.41) is 0. The Labute approximate surface area is 34.2 Å². The van der Waals surface area contributed by atoms with Crippen LogP contribution in [-0.4, -0.2) is 11.5 Å². The van der Waals surface area contributed by atoms with E-state index in [2.05, 4.69) is 16.5 Å². The highest BCUT2D eigenvalue weighted by atomic mass is 16.3. The lowest BCUT2D eigenvalue weighted by molar-refractivity contribution is -0.591. The van der Waals surface area contributed by atoms with E-state index in [1.807, 2.05) is 0 Å². The summed E-state index contributed by atoms with van der Waals surface area (Å²) < 4.78 is 0. The molecule has 0 aliphatic carbocycles. The van der Waals surface area contributed by atoms with Crippen LogP contribution in [-0.2, 0) is 0 Å². The van der Waals surface area contributed by atoms with E-state index in [1.54, 1.807) is 0 Å². The summed E-state index contributed by atoms with van der Waals surface area (Å²) in [5.41, 5.74) is 7.15. The Morgan fingerprint density at radius 1 is 1.67 bits per heavy atom. The smallest absolute Gasteiger partial charge is 0.170 e. The molecule has 1 fully saturated rings. The van der Waals surface area contributed by atoms with Gasteiger partial charge in [-0.25, -0.2) is 0 Å². The fourth-order valence-electron chi connectivity index (χ4n) is 0.253. The van der Waals surface area contributed by atoms with Gasteiger partial charge in [0.05, 0.1) is 4.91 Å². The number of hydrazine groups is 3. The molecule has 3 N–H and O–H groups in total. The second-order valence-electron chi connectivity index (χ2n) is 0.950. The van der Waals surface area contributed by atoms with Gasteiger partial charge < -0.3 is 0 Å². The largest absolute Gasteiger partial charge is 0.293 e. The second-order valence-corrected chi connectivity index (χ2v) is 0.950. The molecule has 1 aliphatic rings. The van der Waals surface area contributed by atoms with Crippen LogP contribution in [0.2, 0.25) is 0 Å². The van der Waals surface area contributed by atoms with E-state index in [-0.39, 0.29) is 0 Å². The fourth-order valence-corrected chi connectivity index (χ4v) is 0.253. The Balaban J connectivity index is 2.37. The Hall–Kier alpha value is -0.680. The predicted molar refractivity (Wildman–Crippen MR) is 17.9 cm³/mol. The quantitative estimate of drug-likeness (QED) is 0.308. The Morgan fingerprint density at radius 3 is 2.67 bits per heavy atom. The molecule has 0 radical (unpaired) electrons. The van der Waals surface area contributed by atoms with Gasteiger partial charge in [-0.3, -0.25) is 0 Å². The molecule has 0 bridgehead atoms. The summed E-state index contributed by atoms with van der Waals surface area (Å²) in [4.78, 5) is 10.6. The van der Waals surface area contributed by atoms with E-state index >= 15 is 0 Å². The SMILES string of the molecule is O=[N+]1CNNN1. The van der Waals surface area contributed by atoms with Crippen LogP contribution in [0, 0.1) is 4.91 Å². The van der Waals surface area contributed by atoms with Crippen LogP contribution in [0.3, 0.4) is 0 Å². The molecule has 5 heteroatoms. The molecule has 0 amide bonds. The zero-order valence-corrected chi connectivity index (χ0v) is 3.06. The maximum atomic E-state index is 9.92. The monoisotopic (exact) mass is 89.0 g/mol. The van der Waals surface area contributed by atoms with Gasteiger partial charge >= 0.3 is 0 Å². The van der Waals surface area contributed by atoms with Gasteiger partial charge in [0.2, 0.25) is 0 Å². The van der Waals surface area contributed by atoms with Crippen LogP contribution < -0.4 is 16.5 Å². The van der Waals surface area contributed by atoms with Crippen molar-refractivity contribution in [1.82, 2.24) is 16.5 Å². The Bertz CT molecular complexity index is 61.9. The molecule has 0 spiro atoms. The van der Waals surface area contributed by atoms with Crippen molar-refractivity contribution in [3.05, 3.63) is 4.91 Å². The first-order chi connectivity index (χ1) is 2.89. The first kappa shape index (κ1) is 3.51. The molecule has 0 saturated carbocycles. The molecule has 1 heterocycles. The van der Waals surface area contributed by atoms with Crippen LogP contribution in [0.15, 0.2) is 0 Å². The maximum absolute atomic E-state index is 9.92. The van der Waals surface area contributed by atoms with Crippen LogP contribution in [0.5, 0.6) is 0 Å². The summed E-state index contributed by atoms with van der Waals surface area (Å²) >= 11 is 0. The zero-order chi connectivity index (χ0) is 4.41. The lowest BCUT2D eigenvalue weighted by Gasteiger charge is -1.73. The van der Waals surface area contributed by atoms with Crippen molar-refractivity contribution in [1.29, 1.82) is 0 Å². The first-order valence-electron chi connectivity index (χ1n) is 1.58. The van der Waals surface area contributed by atoms with Crippen molar-refractivity contribution in [2.75, 3.05) is 6.67 Å². The lowest BCUT2D eigenvalue weighted by atomic mass is 11.2. The molecular weight excluding hydrogens is 84.0 g/mol. The first-order valence-corrected chi connectivity index (χ1v) is 1.58. The van der Waals surface area contributed by atoms with Crippen molar-refractivity contribution < 1.29 is 4.87 Å². The van der Waals surface area contributed by atoms with Crippen molar-refractivity contribution >= 4 is 0 Å². The van der Waals surface area contributed by atoms with E-state index in [0.717, 1.165) is 0 Å². The molecule has 0 atom stereocenters. The molecule has 6 heavy (non-hydrogen) atoms. The minimum atomic E-state index is 0.292. The molecule has 0 unspecified atom stereocenters. The molecule has 1 aliphatic heterocycles. The van der Waals surface area contributed by atoms with E-state index in [4.69, 9.17) is 0 Å². The standard InChI is InChI=1S/CH5N4O/c6-5-1-2-3-4-5/h3H,1H2,(H2,2,4,6)/q+1. The lowest BCUT2D eigenvalue weighted by Crippen LogP contribution is -2.31. The maximum Gasteiger partial charge on any atom is 0.293 e. The Kier molecular flexibility index (Phi) is 0.697. The van der Waals surface area contributed by atoms with Gasteiger partial charge in [-0.1, -0.05) is 5.53 Å². The number of nitrogens with zero attached hydrogens (tertiary/aromatic N) is 1. The topological polar surface area (TPSA) is 56.2 Å². The van der Waals surface area contributed by atoms with Gasteiger partial charge in [0.1, 0.15) is 4.87 Å². The van der Waals surface area contributed by atoms with Crippen LogP contribution in [0.25, 0.3) is 0 Å². The highest BCUT2D eigenvalue weighted by Gasteiger charge is 2.11. The Morgan fingerprint density at radius 2 is 2.50 bits per heavy atom. The van der Waals surface area contributed by atoms with E-state index in [1.165, 1.54) is 0 Å². The normalized spacial score (nSPS) is 21.0. The molecule has 0 aromatic carbocycles. The second kappa shape index (κ2) is 1.19. The van der Waals surface area contributed by atoms with Gasteiger partial charge in [-0.15, -0.1) is 5.53 Å². The summed E-state index contributed by atoms with van der Waals surface area (Å²) in [6.07, 6.45) is 0. The van der Waals surface area contributed by atoms with Gasteiger partial charge in [0.25, 0.3) is 6.67 Å². The summed E-state index contributed by atoms with van der Waals surface area (Å²) in [5.74, 6) is 0. The van der Waals surface area contributed by atoms with E-state index in [9.17, 15) is 4.91 Å². The minimum absolute atomic E-state index is 0.292. The van der Waals surface area contributed by atoms with Crippen molar-refractivity contribution in [3.8, 4) is 0 Å². The third-order valence-electron chi connectivity index (χ3n) is 0.492. The zero-order valence-electron chi connectivity index (χ0n) is 3.06. The highest BCUT2D eigenvalue weighted by Crippen LogP contribution is 1.59. The van der Waals surface area contributed by atoms with Gasteiger partial charge in [0.15, 0.2) is 0 Å². The summed E-state index contributed by atoms with van der Waals surface area (Å²) in [6.45, 7) is 0.292. The average molecular weight is 89.1 g/mol.